The number of aromatic nitrogens is 3. The number of pyridine rings is 1. The molecule has 2 aliphatic heterocycles. The van der Waals surface area contributed by atoms with Crippen LogP contribution in [0.1, 0.15) is 30.4 Å². The number of carboxylic acid groups (broad SMARTS) is 1. The Balaban J connectivity index is 1.30. The lowest BCUT2D eigenvalue weighted by atomic mass is 10.1. The van der Waals surface area contributed by atoms with Crippen molar-refractivity contribution < 1.29 is 19.4 Å². The number of carbonyl (C=O) groups is 1. The Kier molecular flexibility index (Phi) is 9.61. The number of nitrogens with zero attached hydrogens (tertiary/aromatic N) is 5. The summed E-state index contributed by atoms with van der Waals surface area (Å²) in [6, 6.07) is 10.9. The summed E-state index contributed by atoms with van der Waals surface area (Å²) in [7, 11) is 0. The predicted octanol–water partition coefficient (Wildman–Crippen LogP) is 5.83. The van der Waals surface area contributed by atoms with E-state index in [1.165, 1.54) is 15.7 Å². The largest absolute Gasteiger partial charge is 0.465 e. The number of hydrogen-bond acceptors (Lipinski definition) is 8. The molecular weight excluding hydrogens is 631 g/mol. The first kappa shape index (κ1) is 31.6. The minimum atomic E-state index is -0.894. The number of ether oxygens (including phenoxy) is 2. The number of nitrogens with one attached hydrogen (secondary N) is 1. The maximum atomic E-state index is 13.7. The molecule has 11 nitrogen and oxygen atoms in total. The van der Waals surface area contributed by atoms with Gasteiger partial charge in [0.2, 0.25) is 5.95 Å². The Morgan fingerprint density at radius 1 is 1.15 bits per heavy atom. The maximum absolute atomic E-state index is 13.7. The van der Waals surface area contributed by atoms with E-state index in [0.717, 1.165) is 36.2 Å². The second-order valence-corrected chi connectivity index (χ2v) is 11.9. The summed E-state index contributed by atoms with van der Waals surface area (Å²) in [6.07, 6.45) is 4.77. The number of aryl methyl sites for hydroxylation is 1. The standard InChI is InChI=1S/C33H32Cl2N6O5/c1-21-18-23(10-11-27(21)39-12-14-40(15-13-39)33(43)44)37-32-36-19-24-29(38-32)22(6-5-17-46-28-9-2-3-16-45-28)20-41(31(24)42)30-25(34)7-4-8-26(30)35/h4,7-8,10-11,18-20,28H,2-3,9,12-17H2,1H3,(H,43,44)(H,36,37,38). The van der Waals surface area contributed by atoms with E-state index in [-0.39, 0.29) is 24.2 Å². The first-order chi connectivity index (χ1) is 22.3. The zero-order valence-corrected chi connectivity index (χ0v) is 26.6. The van der Waals surface area contributed by atoms with Crippen molar-refractivity contribution in [1.29, 1.82) is 0 Å². The maximum Gasteiger partial charge on any atom is 0.407 e. The Labute approximate surface area is 275 Å². The molecule has 0 saturated carbocycles. The molecule has 238 valence electrons. The van der Waals surface area contributed by atoms with Crippen LogP contribution in [-0.4, -0.2) is 76.3 Å². The molecule has 0 aliphatic carbocycles. The van der Waals surface area contributed by atoms with Crippen molar-refractivity contribution >= 4 is 57.5 Å². The number of benzene rings is 2. The van der Waals surface area contributed by atoms with Gasteiger partial charge in [0.15, 0.2) is 6.29 Å². The van der Waals surface area contributed by atoms with Crippen LogP contribution in [0.15, 0.2) is 53.6 Å². The monoisotopic (exact) mass is 662 g/mol. The Hall–Kier alpha value is -4.34. The minimum Gasteiger partial charge on any atom is -0.465 e. The average Bonchev–Trinajstić information content (AvgIpc) is 3.05. The molecule has 0 spiro atoms. The van der Waals surface area contributed by atoms with Crippen molar-refractivity contribution in [3.8, 4) is 17.5 Å². The molecule has 2 N–H and O–H groups in total. The van der Waals surface area contributed by atoms with Gasteiger partial charge in [-0.15, -0.1) is 0 Å². The van der Waals surface area contributed by atoms with Crippen LogP contribution in [0.5, 0.6) is 0 Å². The van der Waals surface area contributed by atoms with Crippen molar-refractivity contribution in [1.82, 2.24) is 19.4 Å². The van der Waals surface area contributed by atoms with Crippen LogP contribution in [0.25, 0.3) is 16.6 Å². The minimum absolute atomic E-state index is 0.144. The van der Waals surface area contributed by atoms with Gasteiger partial charge in [-0.2, -0.15) is 0 Å². The van der Waals surface area contributed by atoms with Crippen molar-refractivity contribution in [3.63, 3.8) is 0 Å². The molecule has 4 aromatic rings. The van der Waals surface area contributed by atoms with Gasteiger partial charge in [0.1, 0.15) is 6.61 Å². The zero-order chi connectivity index (χ0) is 32.2. The predicted molar refractivity (Wildman–Crippen MR) is 178 cm³/mol. The molecule has 2 aromatic heterocycles. The van der Waals surface area contributed by atoms with E-state index < -0.39 is 11.7 Å². The summed E-state index contributed by atoms with van der Waals surface area (Å²) in [5, 5.41) is 13.4. The highest BCUT2D eigenvalue weighted by molar-refractivity contribution is 6.37. The molecule has 6 rings (SSSR count). The van der Waals surface area contributed by atoms with Gasteiger partial charge in [0, 0.05) is 56.6 Å². The average molecular weight is 664 g/mol. The fourth-order valence-corrected chi connectivity index (χ4v) is 6.20. The normalized spacial score (nSPS) is 16.6. The van der Waals surface area contributed by atoms with Gasteiger partial charge in [-0.1, -0.05) is 41.1 Å². The quantitative estimate of drug-likeness (QED) is 0.245. The molecule has 2 aromatic carbocycles. The number of piperazine rings is 1. The van der Waals surface area contributed by atoms with Gasteiger partial charge in [0.05, 0.1) is 32.2 Å². The first-order valence-electron chi connectivity index (χ1n) is 15.0. The Morgan fingerprint density at radius 3 is 2.63 bits per heavy atom. The van der Waals surface area contributed by atoms with Crippen LogP contribution in [0.3, 0.4) is 0 Å². The summed E-state index contributed by atoms with van der Waals surface area (Å²) in [5.41, 5.74) is 3.60. The van der Waals surface area contributed by atoms with Gasteiger partial charge < -0.3 is 29.7 Å². The fourth-order valence-electron chi connectivity index (χ4n) is 5.62. The van der Waals surface area contributed by atoms with E-state index in [4.69, 9.17) is 37.7 Å². The summed E-state index contributed by atoms with van der Waals surface area (Å²) < 4.78 is 12.8. The fraction of sp³-hybridized carbons (Fsp3) is 0.333. The smallest absolute Gasteiger partial charge is 0.407 e. The van der Waals surface area contributed by atoms with Crippen LogP contribution >= 0.6 is 23.2 Å². The SMILES string of the molecule is Cc1cc(Nc2ncc3c(=O)n(-c4c(Cl)cccc4Cl)cc(C#CCOC4CCCCO4)c3n2)ccc1N1CCN(C(=O)O)CC1. The van der Waals surface area contributed by atoms with E-state index in [0.29, 0.717) is 59.6 Å². The molecule has 1 unspecified atom stereocenters. The molecule has 13 heteroatoms. The first-order valence-corrected chi connectivity index (χ1v) is 15.7. The molecule has 1 amide bonds. The van der Waals surface area contributed by atoms with E-state index in [1.54, 1.807) is 24.4 Å². The van der Waals surface area contributed by atoms with E-state index in [2.05, 4.69) is 27.0 Å². The van der Waals surface area contributed by atoms with Crippen LogP contribution in [0.4, 0.5) is 22.1 Å². The molecule has 2 fully saturated rings. The molecule has 2 aliphatic rings. The van der Waals surface area contributed by atoms with Crippen molar-refractivity contribution in [3.05, 3.63) is 80.3 Å². The lowest BCUT2D eigenvalue weighted by molar-refractivity contribution is -0.154. The number of anilines is 3. The number of fused-ring (bicyclic) bond motifs is 1. The van der Waals surface area contributed by atoms with Crippen molar-refractivity contribution in [2.24, 2.45) is 0 Å². The Morgan fingerprint density at radius 2 is 1.93 bits per heavy atom. The lowest BCUT2D eigenvalue weighted by Crippen LogP contribution is -2.48. The third-order valence-corrected chi connectivity index (χ3v) is 8.59. The molecule has 0 bridgehead atoms. The lowest BCUT2D eigenvalue weighted by Gasteiger charge is -2.35. The molecular formula is C33H32Cl2N6O5. The third kappa shape index (κ3) is 6.90. The topological polar surface area (TPSA) is 122 Å². The number of amides is 1. The highest BCUT2D eigenvalue weighted by atomic mass is 35.5. The Bertz CT molecular complexity index is 1870. The number of rotatable bonds is 6. The molecule has 46 heavy (non-hydrogen) atoms. The van der Waals surface area contributed by atoms with Gasteiger partial charge in [-0.05, 0) is 62.1 Å². The molecule has 4 heterocycles. The van der Waals surface area contributed by atoms with E-state index in [9.17, 15) is 14.7 Å². The van der Waals surface area contributed by atoms with Gasteiger partial charge in [-0.25, -0.2) is 14.8 Å². The van der Waals surface area contributed by atoms with E-state index >= 15 is 0 Å². The summed E-state index contributed by atoms with van der Waals surface area (Å²) in [4.78, 5) is 37.7. The van der Waals surface area contributed by atoms with Gasteiger partial charge >= 0.3 is 6.09 Å². The van der Waals surface area contributed by atoms with Gasteiger partial charge in [-0.3, -0.25) is 9.36 Å². The molecule has 2 saturated heterocycles. The van der Waals surface area contributed by atoms with Crippen molar-refractivity contribution in [2.75, 3.05) is 49.6 Å². The molecule has 0 radical (unpaired) electrons. The number of hydrogen-bond donors (Lipinski definition) is 2. The number of halogens is 2. The highest BCUT2D eigenvalue weighted by Gasteiger charge is 2.22. The summed E-state index contributed by atoms with van der Waals surface area (Å²) in [6.45, 7) is 4.96. The zero-order valence-electron chi connectivity index (χ0n) is 25.1. The second-order valence-electron chi connectivity index (χ2n) is 11.0. The highest BCUT2D eigenvalue weighted by Crippen LogP contribution is 2.29. The van der Waals surface area contributed by atoms with Crippen LogP contribution < -0.4 is 15.8 Å². The van der Waals surface area contributed by atoms with Crippen molar-refractivity contribution in [2.45, 2.75) is 32.5 Å². The van der Waals surface area contributed by atoms with E-state index in [1.807, 2.05) is 25.1 Å². The van der Waals surface area contributed by atoms with Gasteiger partial charge in [0.25, 0.3) is 5.56 Å². The van der Waals surface area contributed by atoms with Crippen LogP contribution in [0.2, 0.25) is 10.0 Å². The second kappa shape index (κ2) is 14.0. The summed E-state index contributed by atoms with van der Waals surface area (Å²) >= 11 is 13.0. The molecule has 1 atom stereocenters. The summed E-state index contributed by atoms with van der Waals surface area (Å²) in [5.74, 6) is 6.44. The van der Waals surface area contributed by atoms with Crippen LogP contribution in [0, 0.1) is 18.8 Å². The number of para-hydroxylation sites is 1. The van der Waals surface area contributed by atoms with Crippen LogP contribution in [-0.2, 0) is 9.47 Å². The third-order valence-electron chi connectivity index (χ3n) is 7.98.